The first-order chi connectivity index (χ1) is 7.39. The van der Waals surface area contributed by atoms with Crippen LogP contribution in [0.1, 0.15) is 20.3 Å². The van der Waals surface area contributed by atoms with E-state index in [0.29, 0.717) is 13.2 Å². The Hall–Kier alpha value is -0.330. The van der Waals surface area contributed by atoms with Gasteiger partial charge in [0.15, 0.2) is 5.60 Å². The standard InChI is InChI=1S/C10H17F3O3/c1-3-9(2,10(11,12)13)16-5-4-15-8-6-14-7-8/h8H,3-7H2,1-2H3. The van der Waals surface area contributed by atoms with Crippen LogP contribution < -0.4 is 0 Å². The topological polar surface area (TPSA) is 27.7 Å². The molecular weight excluding hydrogens is 225 g/mol. The lowest BCUT2D eigenvalue weighted by Crippen LogP contribution is -2.45. The average molecular weight is 242 g/mol. The van der Waals surface area contributed by atoms with Crippen molar-refractivity contribution in [1.29, 1.82) is 0 Å². The van der Waals surface area contributed by atoms with Crippen molar-refractivity contribution in [2.45, 2.75) is 38.1 Å². The Balaban J connectivity index is 2.22. The number of hydrogen-bond acceptors (Lipinski definition) is 3. The lowest BCUT2D eigenvalue weighted by atomic mass is 10.0. The summed E-state index contributed by atoms with van der Waals surface area (Å²) in [4.78, 5) is 0. The largest absolute Gasteiger partial charge is 0.417 e. The minimum atomic E-state index is -4.35. The minimum Gasteiger partial charge on any atom is -0.376 e. The fourth-order valence-electron chi connectivity index (χ4n) is 1.18. The fourth-order valence-corrected chi connectivity index (χ4v) is 1.18. The molecule has 6 heteroatoms. The van der Waals surface area contributed by atoms with Crippen LogP contribution in [0.4, 0.5) is 13.2 Å². The molecule has 0 saturated carbocycles. The maximum absolute atomic E-state index is 12.6. The zero-order valence-electron chi connectivity index (χ0n) is 9.47. The maximum atomic E-state index is 12.6. The van der Waals surface area contributed by atoms with Gasteiger partial charge in [-0.2, -0.15) is 13.2 Å². The van der Waals surface area contributed by atoms with Crippen LogP contribution in [-0.4, -0.2) is 44.3 Å². The second kappa shape index (κ2) is 5.33. The van der Waals surface area contributed by atoms with Crippen molar-refractivity contribution >= 4 is 0 Å². The van der Waals surface area contributed by atoms with Crippen LogP contribution in [0.25, 0.3) is 0 Å². The van der Waals surface area contributed by atoms with Crippen molar-refractivity contribution in [2.24, 2.45) is 0 Å². The van der Waals surface area contributed by atoms with Crippen molar-refractivity contribution in [1.82, 2.24) is 0 Å². The van der Waals surface area contributed by atoms with Gasteiger partial charge in [0.1, 0.15) is 6.10 Å². The summed E-state index contributed by atoms with van der Waals surface area (Å²) in [5, 5.41) is 0. The molecule has 0 bridgehead atoms. The first kappa shape index (κ1) is 13.7. The maximum Gasteiger partial charge on any atom is 0.417 e. The normalized spacial score (nSPS) is 21.6. The van der Waals surface area contributed by atoms with E-state index in [1.807, 2.05) is 0 Å². The Morgan fingerprint density at radius 3 is 2.25 bits per heavy atom. The van der Waals surface area contributed by atoms with Gasteiger partial charge in [0, 0.05) is 0 Å². The highest BCUT2D eigenvalue weighted by atomic mass is 19.4. The second-order valence-corrected chi connectivity index (χ2v) is 3.96. The lowest BCUT2D eigenvalue weighted by molar-refractivity contribution is -0.276. The highest BCUT2D eigenvalue weighted by molar-refractivity contribution is 4.82. The highest BCUT2D eigenvalue weighted by Gasteiger charge is 2.50. The molecule has 0 aromatic rings. The third-order valence-corrected chi connectivity index (χ3v) is 2.74. The lowest BCUT2D eigenvalue weighted by Gasteiger charge is -2.32. The molecule has 96 valence electrons. The minimum absolute atomic E-state index is 0.0161. The van der Waals surface area contributed by atoms with Gasteiger partial charge in [0.2, 0.25) is 0 Å². The smallest absolute Gasteiger partial charge is 0.376 e. The monoisotopic (exact) mass is 242 g/mol. The summed E-state index contributed by atoms with van der Waals surface area (Å²) in [7, 11) is 0. The van der Waals surface area contributed by atoms with Crippen molar-refractivity contribution in [3.05, 3.63) is 0 Å². The van der Waals surface area contributed by atoms with Gasteiger partial charge in [-0.15, -0.1) is 0 Å². The third kappa shape index (κ3) is 3.33. The van der Waals surface area contributed by atoms with Crippen LogP contribution >= 0.6 is 0 Å². The molecule has 1 heterocycles. The van der Waals surface area contributed by atoms with Crippen LogP contribution in [0.2, 0.25) is 0 Å². The SMILES string of the molecule is CCC(C)(OCCOC1COC1)C(F)(F)F. The average Bonchev–Trinajstić information content (AvgIpc) is 2.12. The number of rotatable bonds is 6. The highest BCUT2D eigenvalue weighted by Crippen LogP contribution is 2.35. The van der Waals surface area contributed by atoms with Gasteiger partial charge < -0.3 is 14.2 Å². The molecule has 0 aromatic carbocycles. The molecule has 1 fully saturated rings. The van der Waals surface area contributed by atoms with Gasteiger partial charge >= 0.3 is 6.18 Å². The summed E-state index contributed by atoms with van der Waals surface area (Å²) >= 11 is 0. The number of ether oxygens (including phenoxy) is 3. The number of halogens is 3. The summed E-state index contributed by atoms with van der Waals surface area (Å²) in [5.74, 6) is 0. The molecule has 0 aliphatic carbocycles. The van der Waals surface area contributed by atoms with Crippen LogP contribution in [0, 0.1) is 0 Å². The van der Waals surface area contributed by atoms with E-state index in [4.69, 9.17) is 14.2 Å². The van der Waals surface area contributed by atoms with Gasteiger partial charge in [-0.05, 0) is 13.3 Å². The van der Waals surface area contributed by atoms with E-state index in [-0.39, 0.29) is 25.7 Å². The van der Waals surface area contributed by atoms with Gasteiger partial charge in [0.25, 0.3) is 0 Å². The van der Waals surface area contributed by atoms with Crippen LogP contribution in [-0.2, 0) is 14.2 Å². The third-order valence-electron chi connectivity index (χ3n) is 2.74. The molecule has 0 N–H and O–H groups in total. The van der Waals surface area contributed by atoms with E-state index in [1.165, 1.54) is 6.92 Å². The van der Waals surface area contributed by atoms with E-state index >= 15 is 0 Å². The first-order valence-corrected chi connectivity index (χ1v) is 5.29. The first-order valence-electron chi connectivity index (χ1n) is 5.29. The van der Waals surface area contributed by atoms with Crippen LogP contribution in [0.5, 0.6) is 0 Å². The molecule has 1 aliphatic heterocycles. The molecular formula is C10H17F3O3. The van der Waals surface area contributed by atoms with Crippen LogP contribution in [0.3, 0.4) is 0 Å². The molecule has 1 atom stereocenters. The second-order valence-electron chi connectivity index (χ2n) is 3.96. The Bertz CT molecular complexity index is 216. The Labute approximate surface area is 92.9 Å². The fraction of sp³-hybridized carbons (Fsp3) is 1.00. The Morgan fingerprint density at radius 2 is 1.88 bits per heavy atom. The van der Waals surface area contributed by atoms with Gasteiger partial charge in [0.05, 0.1) is 26.4 Å². The summed E-state index contributed by atoms with van der Waals surface area (Å²) in [6.45, 7) is 3.66. The number of hydrogen-bond donors (Lipinski definition) is 0. The van der Waals surface area contributed by atoms with Gasteiger partial charge in [-0.1, -0.05) is 6.92 Å². The summed E-state index contributed by atoms with van der Waals surface area (Å²) in [5.41, 5.74) is -2.08. The summed E-state index contributed by atoms with van der Waals surface area (Å²) in [6, 6.07) is 0. The van der Waals surface area contributed by atoms with E-state index in [1.54, 1.807) is 0 Å². The molecule has 1 unspecified atom stereocenters. The molecule has 16 heavy (non-hydrogen) atoms. The van der Waals surface area contributed by atoms with Crippen molar-refractivity contribution in [3.8, 4) is 0 Å². The molecule has 1 aliphatic rings. The van der Waals surface area contributed by atoms with E-state index in [9.17, 15) is 13.2 Å². The Morgan fingerprint density at radius 1 is 1.25 bits per heavy atom. The molecule has 3 nitrogen and oxygen atoms in total. The summed E-state index contributed by atoms with van der Waals surface area (Å²) in [6.07, 6.45) is -4.44. The zero-order chi connectivity index (χ0) is 12.2. The van der Waals surface area contributed by atoms with Crippen molar-refractivity contribution in [2.75, 3.05) is 26.4 Å². The van der Waals surface area contributed by atoms with E-state index in [0.717, 1.165) is 6.92 Å². The van der Waals surface area contributed by atoms with Gasteiger partial charge in [-0.3, -0.25) is 0 Å². The molecule has 0 spiro atoms. The zero-order valence-corrected chi connectivity index (χ0v) is 9.47. The van der Waals surface area contributed by atoms with E-state index in [2.05, 4.69) is 0 Å². The summed E-state index contributed by atoms with van der Waals surface area (Å²) < 4.78 is 52.7. The van der Waals surface area contributed by atoms with Crippen molar-refractivity contribution in [3.63, 3.8) is 0 Å². The predicted molar refractivity (Wildman–Crippen MR) is 51.3 cm³/mol. The molecule has 1 saturated heterocycles. The molecule has 0 amide bonds. The van der Waals surface area contributed by atoms with Crippen LogP contribution in [0.15, 0.2) is 0 Å². The molecule has 0 aromatic heterocycles. The van der Waals surface area contributed by atoms with Crippen molar-refractivity contribution < 1.29 is 27.4 Å². The van der Waals surface area contributed by atoms with Gasteiger partial charge in [-0.25, -0.2) is 0 Å². The number of alkyl halides is 3. The Kier molecular flexibility index (Phi) is 4.58. The quantitative estimate of drug-likeness (QED) is 0.668. The molecule has 1 rings (SSSR count). The predicted octanol–water partition coefficient (Wildman–Crippen LogP) is 2.15. The van der Waals surface area contributed by atoms with E-state index < -0.39 is 11.8 Å². The molecule has 0 radical (unpaired) electrons.